The molecule has 2 amide bonds. The van der Waals surface area contributed by atoms with Gasteiger partial charge in [0.15, 0.2) is 0 Å². The van der Waals surface area contributed by atoms with Crippen LogP contribution < -0.4 is 21.7 Å². The molecule has 0 bridgehead atoms. The minimum atomic E-state index is -0.575. The Hall–Kier alpha value is -5.48. The van der Waals surface area contributed by atoms with Crippen LogP contribution in [0.15, 0.2) is 48.5 Å². The molecule has 6 aromatic rings. The van der Waals surface area contributed by atoms with E-state index in [1.54, 1.807) is 19.1 Å². The van der Waals surface area contributed by atoms with Crippen LogP contribution in [0.5, 0.6) is 0 Å². The number of H-pyrrole nitrogens is 2. The van der Waals surface area contributed by atoms with Crippen molar-refractivity contribution in [2.45, 2.75) is 102 Å². The molecular formula is C44H52ClFN10O4. The smallest absolute Gasteiger partial charge is 0.253 e. The number of benzene rings is 2. The van der Waals surface area contributed by atoms with E-state index in [4.69, 9.17) is 20.8 Å². The molecule has 9 N–H and O–H groups in total. The third-order valence-corrected chi connectivity index (χ3v) is 11.6. The number of rotatable bonds is 4. The van der Waals surface area contributed by atoms with Crippen LogP contribution in [-0.4, -0.2) is 89.3 Å². The number of amides is 2. The number of anilines is 1. The van der Waals surface area contributed by atoms with E-state index in [1.807, 2.05) is 43.3 Å². The number of carbonyl (C=O) groups is 2. The minimum absolute atomic E-state index is 0. The predicted molar refractivity (Wildman–Crippen MR) is 232 cm³/mol. The molecule has 0 atom stereocenters. The third kappa shape index (κ3) is 9.29. The molecule has 2 fully saturated rings. The summed E-state index contributed by atoms with van der Waals surface area (Å²) in [5.41, 5.74) is 16.1. The number of aliphatic hydroxyl groups is 2. The number of para-hydroxylation sites is 2. The van der Waals surface area contributed by atoms with Gasteiger partial charge in [-0.15, -0.1) is 12.4 Å². The van der Waals surface area contributed by atoms with Crippen molar-refractivity contribution in [3.05, 3.63) is 88.4 Å². The van der Waals surface area contributed by atoms with Crippen LogP contribution in [0.4, 0.5) is 10.2 Å². The Bertz CT molecular complexity index is 2500. The van der Waals surface area contributed by atoms with Crippen molar-refractivity contribution >= 4 is 52.1 Å². The van der Waals surface area contributed by atoms with E-state index in [0.29, 0.717) is 47.3 Å². The average molecular weight is 839 g/mol. The zero-order valence-electron chi connectivity index (χ0n) is 33.8. The second-order valence-electron chi connectivity index (χ2n) is 16.0. The van der Waals surface area contributed by atoms with E-state index in [1.165, 1.54) is 0 Å². The Balaban J connectivity index is 0.000000155. The number of aromatic nitrogens is 6. The quantitative estimate of drug-likeness (QED) is 0.104. The normalized spacial score (nSPS) is 20.9. The van der Waals surface area contributed by atoms with Crippen LogP contribution >= 0.6 is 12.4 Å². The monoisotopic (exact) mass is 838 g/mol. The number of nitrogens with zero attached hydrogens (tertiary/aromatic N) is 4. The summed E-state index contributed by atoms with van der Waals surface area (Å²) in [5, 5.41) is 28.0. The molecule has 60 heavy (non-hydrogen) atoms. The van der Waals surface area contributed by atoms with E-state index in [0.717, 1.165) is 121 Å². The van der Waals surface area contributed by atoms with Crippen molar-refractivity contribution in [3.8, 4) is 22.5 Å². The summed E-state index contributed by atoms with van der Waals surface area (Å²) in [5.74, 6) is 0.101. The highest BCUT2D eigenvalue weighted by atomic mass is 35.5. The fourth-order valence-corrected chi connectivity index (χ4v) is 8.27. The first kappa shape index (κ1) is 42.6. The molecule has 2 aliphatic carbocycles. The number of nitrogens with one attached hydrogen (secondary N) is 5. The summed E-state index contributed by atoms with van der Waals surface area (Å²) in [6.45, 7) is 4.84. The number of nitrogens with two attached hydrogens (primary N) is 1. The minimum Gasteiger partial charge on any atom is -0.393 e. The van der Waals surface area contributed by atoms with Crippen LogP contribution in [0.1, 0.15) is 94.9 Å². The fourth-order valence-electron chi connectivity index (χ4n) is 8.27. The molecule has 14 nitrogen and oxygen atoms in total. The first-order chi connectivity index (χ1) is 28.5. The molecule has 2 saturated carbocycles. The second-order valence-corrected chi connectivity index (χ2v) is 16.0. The average Bonchev–Trinajstić information content (AvgIpc) is 3.88. The van der Waals surface area contributed by atoms with Gasteiger partial charge in [-0.3, -0.25) is 9.59 Å². The van der Waals surface area contributed by atoms with E-state index < -0.39 is 5.95 Å². The molecule has 4 aromatic heterocycles. The summed E-state index contributed by atoms with van der Waals surface area (Å²) in [6, 6.07) is 15.8. The largest absolute Gasteiger partial charge is 0.393 e. The third-order valence-electron chi connectivity index (χ3n) is 11.6. The lowest BCUT2D eigenvalue weighted by molar-refractivity contribution is 0.0937. The van der Waals surface area contributed by atoms with Crippen LogP contribution in [-0.2, 0) is 12.8 Å². The number of halogens is 2. The number of aryl methyl sites for hydroxylation is 2. The lowest BCUT2D eigenvalue weighted by Crippen LogP contribution is -2.31. The Labute approximate surface area is 353 Å². The Kier molecular flexibility index (Phi) is 13.1. The summed E-state index contributed by atoms with van der Waals surface area (Å²) >= 11 is 0. The first-order valence-corrected chi connectivity index (χ1v) is 20.6. The number of aromatic amines is 2. The molecule has 0 saturated heterocycles. The molecule has 2 aliphatic heterocycles. The maximum absolute atomic E-state index is 13.8. The van der Waals surface area contributed by atoms with E-state index >= 15 is 0 Å². The molecule has 0 radical (unpaired) electrons. The first-order valence-electron chi connectivity index (χ1n) is 20.6. The summed E-state index contributed by atoms with van der Waals surface area (Å²) in [7, 11) is 0. The van der Waals surface area contributed by atoms with Gasteiger partial charge in [0.2, 0.25) is 5.95 Å². The molecule has 4 aliphatic rings. The second kappa shape index (κ2) is 18.4. The van der Waals surface area contributed by atoms with Crippen molar-refractivity contribution in [1.82, 2.24) is 40.5 Å². The van der Waals surface area contributed by atoms with Gasteiger partial charge in [-0.05, 0) is 89.5 Å². The number of carbonyl (C=O) groups excluding carboxylic acids is 2. The highest BCUT2D eigenvalue weighted by Crippen LogP contribution is 2.32. The molecular weight excluding hydrogens is 787 g/mol. The molecule has 6 heterocycles. The zero-order chi connectivity index (χ0) is 41.2. The Morgan fingerprint density at radius 2 is 1.15 bits per heavy atom. The molecule has 16 heteroatoms. The summed E-state index contributed by atoms with van der Waals surface area (Å²) < 4.78 is 13.8. The maximum Gasteiger partial charge on any atom is 0.253 e. The van der Waals surface area contributed by atoms with Crippen molar-refractivity contribution in [2.24, 2.45) is 5.73 Å². The van der Waals surface area contributed by atoms with Crippen LogP contribution in [0, 0.1) is 19.8 Å². The topological polar surface area (TPSA) is 220 Å². The van der Waals surface area contributed by atoms with Gasteiger partial charge < -0.3 is 41.9 Å². The van der Waals surface area contributed by atoms with Crippen LogP contribution in [0.25, 0.3) is 44.6 Å². The Morgan fingerprint density at radius 1 is 0.667 bits per heavy atom. The highest BCUT2D eigenvalue weighted by molar-refractivity contribution is 6.00. The number of hydrogen-bond donors (Lipinski definition) is 8. The lowest BCUT2D eigenvalue weighted by Gasteiger charge is -2.27. The standard InChI is InChI=1S/C22H25N5O2.C16H13FN4O.C6H13NO.ClH/c1-12-21(25-13-5-7-14(28)8-6-13)27-20-15(3-2-4-18(20)24-12)19-11-16-17(26-19)9-10-23-22(16)29;1-8-15(17)21-14-9(3-2-4-12(14)19-8)13-7-10-11(20-13)5-6-18-16(10)22;7-5-1-3-6(8)4-2-5;/h2-4,11,13-14,26,28H,5-10H2,1H3,(H,23,29)(H,25,27);2-4,7,20H,5-6H2,1H3,(H,18,22);5-6,8H,1-4,7H2;1H. The van der Waals surface area contributed by atoms with Gasteiger partial charge in [0.25, 0.3) is 11.8 Å². The summed E-state index contributed by atoms with van der Waals surface area (Å²) in [4.78, 5) is 48.7. The van der Waals surface area contributed by atoms with Crippen LogP contribution in [0.2, 0.25) is 0 Å². The van der Waals surface area contributed by atoms with E-state index in [2.05, 4.69) is 35.9 Å². The molecule has 10 rings (SSSR count). The van der Waals surface area contributed by atoms with Gasteiger partial charge in [0.1, 0.15) is 16.9 Å². The predicted octanol–water partition coefficient (Wildman–Crippen LogP) is 5.96. The Morgan fingerprint density at radius 3 is 1.65 bits per heavy atom. The number of aliphatic hydroxyl groups excluding tert-OH is 2. The maximum atomic E-state index is 13.8. The molecule has 0 unspecified atom stereocenters. The zero-order valence-corrected chi connectivity index (χ0v) is 34.6. The fraction of sp³-hybridized carbons (Fsp3) is 0.409. The van der Waals surface area contributed by atoms with Gasteiger partial charge in [-0.25, -0.2) is 19.9 Å². The van der Waals surface area contributed by atoms with Crippen LogP contribution in [0.3, 0.4) is 0 Å². The lowest BCUT2D eigenvalue weighted by atomic mass is 9.93. The molecule has 2 aromatic carbocycles. The van der Waals surface area contributed by atoms with Crippen molar-refractivity contribution in [2.75, 3.05) is 18.4 Å². The number of fused-ring (bicyclic) bond motifs is 4. The highest BCUT2D eigenvalue weighted by Gasteiger charge is 2.24. The SMILES string of the molecule is Cc1nc2cccc(-c3cc4c([nH]3)CCNC4=O)c2nc1F.Cc1nc2cccc(-c3cc4c([nH]3)CCNC4=O)c2nc1NC1CCC(O)CC1.Cl.NC1CCC(O)CC1. The van der Waals surface area contributed by atoms with Crippen molar-refractivity contribution < 1.29 is 24.2 Å². The van der Waals surface area contributed by atoms with Gasteiger partial charge in [0.05, 0.1) is 45.8 Å². The van der Waals surface area contributed by atoms with Gasteiger partial charge in [-0.2, -0.15) is 4.39 Å². The van der Waals surface area contributed by atoms with Gasteiger partial charge >= 0.3 is 0 Å². The van der Waals surface area contributed by atoms with Crippen molar-refractivity contribution in [3.63, 3.8) is 0 Å². The summed E-state index contributed by atoms with van der Waals surface area (Å²) in [6.07, 6.45) is 8.63. The van der Waals surface area contributed by atoms with Crippen molar-refractivity contribution in [1.29, 1.82) is 0 Å². The molecule has 0 spiro atoms. The van der Waals surface area contributed by atoms with Gasteiger partial charge in [-0.1, -0.05) is 24.3 Å². The number of hydrogen-bond acceptors (Lipinski definition) is 10. The van der Waals surface area contributed by atoms with E-state index in [-0.39, 0.29) is 42.1 Å². The van der Waals surface area contributed by atoms with Gasteiger partial charge in [0, 0.05) is 71.9 Å². The molecule has 316 valence electrons. The van der Waals surface area contributed by atoms with E-state index in [9.17, 15) is 19.1 Å².